The van der Waals surface area contributed by atoms with Gasteiger partial charge in [-0.1, -0.05) is 0 Å². The van der Waals surface area contributed by atoms with Gasteiger partial charge in [0.25, 0.3) is 0 Å². The minimum Gasteiger partial charge on any atom is -0.480 e. The normalized spacial score (nSPS) is 40.1. The average molecular weight is 437 g/mol. The van der Waals surface area contributed by atoms with Crippen molar-refractivity contribution in [2.45, 2.75) is 95.1 Å². The first kappa shape index (κ1) is 23.4. The molecule has 7 heteroatoms. The lowest BCUT2D eigenvalue weighted by Crippen LogP contribution is -2.63. The fourth-order valence-electron chi connectivity index (χ4n) is 6.51. The zero-order valence-electron chi connectivity index (χ0n) is 19.4. The summed E-state index contributed by atoms with van der Waals surface area (Å²) >= 11 is 0. The predicted octanol–water partition coefficient (Wildman–Crippen LogP) is 2.37. The number of aliphatic carboxylic acids is 1. The van der Waals surface area contributed by atoms with E-state index in [-0.39, 0.29) is 12.3 Å². The summed E-state index contributed by atoms with van der Waals surface area (Å²) in [5.41, 5.74) is 0. The van der Waals surface area contributed by atoms with Gasteiger partial charge < -0.3 is 9.84 Å². The van der Waals surface area contributed by atoms with E-state index in [1.165, 1.54) is 51.4 Å². The van der Waals surface area contributed by atoms with Crippen LogP contribution in [0.3, 0.4) is 0 Å². The maximum atomic E-state index is 11.4. The highest BCUT2D eigenvalue weighted by Crippen LogP contribution is 2.32. The van der Waals surface area contributed by atoms with Crippen molar-refractivity contribution in [1.29, 1.82) is 0 Å². The van der Waals surface area contributed by atoms with Crippen LogP contribution < -0.4 is 16.0 Å². The van der Waals surface area contributed by atoms with Crippen LogP contribution in [-0.2, 0) is 9.53 Å². The monoisotopic (exact) mass is 436 g/mol. The van der Waals surface area contributed by atoms with Gasteiger partial charge in [-0.3, -0.25) is 25.6 Å². The van der Waals surface area contributed by atoms with Crippen LogP contribution in [0.5, 0.6) is 0 Å². The van der Waals surface area contributed by atoms with Gasteiger partial charge in [-0.05, 0) is 101 Å². The third-order valence-corrected chi connectivity index (χ3v) is 8.61. The third kappa shape index (κ3) is 6.41. The van der Waals surface area contributed by atoms with Crippen molar-refractivity contribution in [1.82, 2.24) is 20.9 Å². The van der Waals surface area contributed by atoms with Crippen LogP contribution in [0.15, 0.2) is 0 Å². The van der Waals surface area contributed by atoms with E-state index in [1.54, 1.807) is 0 Å². The molecule has 2 aliphatic heterocycles. The van der Waals surface area contributed by atoms with E-state index in [2.05, 4.69) is 20.9 Å². The maximum Gasteiger partial charge on any atom is 0.320 e. The minimum absolute atomic E-state index is 0.236. The van der Waals surface area contributed by atoms with Crippen molar-refractivity contribution in [3.05, 3.63) is 0 Å². The standard InChI is InChI=1S/C24H44N4O3/c1-31-21-10-6-18(7-11-21)19-15-25-24(26-16-19)27-20-8-4-17(5-9-20)12-14-28-13-2-3-22(28)23(29)30/h17-22,24-27H,2-16H2,1H3,(H,29,30). The summed E-state index contributed by atoms with van der Waals surface area (Å²) in [6.07, 6.45) is 13.8. The van der Waals surface area contributed by atoms with Crippen molar-refractivity contribution >= 4 is 5.97 Å². The summed E-state index contributed by atoms with van der Waals surface area (Å²) in [6, 6.07) is 0.355. The third-order valence-electron chi connectivity index (χ3n) is 8.61. The maximum absolute atomic E-state index is 11.4. The lowest BCUT2D eigenvalue weighted by atomic mass is 9.78. The van der Waals surface area contributed by atoms with Crippen LogP contribution >= 0.6 is 0 Å². The van der Waals surface area contributed by atoms with Crippen LogP contribution in [0.2, 0.25) is 0 Å². The summed E-state index contributed by atoms with van der Waals surface area (Å²) in [5.74, 6) is 1.70. The Kier molecular flexibility index (Phi) is 8.63. The van der Waals surface area contributed by atoms with Gasteiger partial charge in [0.1, 0.15) is 12.3 Å². The molecule has 4 fully saturated rings. The Balaban J connectivity index is 1.09. The molecule has 0 amide bonds. The molecule has 2 aliphatic carbocycles. The van der Waals surface area contributed by atoms with Crippen molar-refractivity contribution in [2.24, 2.45) is 17.8 Å². The number of carbonyl (C=O) groups is 1. The van der Waals surface area contributed by atoms with Crippen molar-refractivity contribution < 1.29 is 14.6 Å². The Bertz CT molecular complexity index is 553. The predicted molar refractivity (Wildman–Crippen MR) is 122 cm³/mol. The number of rotatable bonds is 8. The number of nitrogens with zero attached hydrogens (tertiary/aromatic N) is 1. The highest BCUT2D eigenvalue weighted by molar-refractivity contribution is 5.73. The fraction of sp³-hybridized carbons (Fsp3) is 0.958. The molecule has 7 nitrogen and oxygen atoms in total. The second kappa shape index (κ2) is 11.4. The van der Waals surface area contributed by atoms with Crippen LogP contribution in [0, 0.1) is 17.8 Å². The van der Waals surface area contributed by atoms with Gasteiger partial charge in [0.05, 0.1) is 6.10 Å². The van der Waals surface area contributed by atoms with Gasteiger partial charge in [-0.2, -0.15) is 0 Å². The number of hydrogen-bond acceptors (Lipinski definition) is 6. The Morgan fingerprint density at radius 3 is 2.35 bits per heavy atom. The first-order valence-corrected chi connectivity index (χ1v) is 12.8. The summed E-state index contributed by atoms with van der Waals surface area (Å²) in [5, 5.41) is 20.6. The average Bonchev–Trinajstić information content (AvgIpc) is 3.28. The molecule has 4 rings (SSSR count). The Morgan fingerprint density at radius 1 is 1.00 bits per heavy atom. The number of nitrogens with one attached hydrogen (secondary N) is 3. The molecular weight excluding hydrogens is 392 g/mol. The van der Waals surface area contributed by atoms with E-state index in [1.807, 2.05) is 7.11 Å². The Hall–Kier alpha value is -0.730. The van der Waals surface area contributed by atoms with E-state index in [0.29, 0.717) is 12.1 Å². The fourth-order valence-corrected chi connectivity index (χ4v) is 6.51. The molecule has 0 bridgehead atoms. The molecule has 1 unspecified atom stereocenters. The first-order valence-electron chi connectivity index (χ1n) is 12.8. The zero-order valence-corrected chi connectivity index (χ0v) is 19.4. The van der Waals surface area contributed by atoms with Crippen LogP contribution in [-0.4, -0.2) is 73.7 Å². The molecule has 4 aliphatic rings. The lowest BCUT2D eigenvalue weighted by molar-refractivity contribution is -0.142. The van der Waals surface area contributed by atoms with E-state index >= 15 is 0 Å². The van der Waals surface area contributed by atoms with E-state index in [9.17, 15) is 9.90 Å². The quantitative estimate of drug-likeness (QED) is 0.465. The van der Waals surface area contributed by atoms with Gasteiger partial charge in [0.15, 0.2) is 0 Å². The van der Waals surface area contributed by atoms with Crippen molar-refractivity contribution in [3.8, 4) is 0 Å². The second-order valence-corrected chi connectivity index (χ2v) is 10.5. The Labute approximate surface area is 188 Å². The molecule has 4 N–H and O–H groups in total. The highest BCUT2D eigenvalue weighted by Gasteiger charge is 2.33. The molecule has 0 aromatic carbocycles. The summed E-state index contributed by atoms with van der Waals surface area (Å²) in [7, 11) is 1.85. The molecule has 0 aromatic heterocycles. The van der Waals surface area contributed by atoms with Crippen molar-refractivity contribution in [3.63, 3.8) is 0 Å². The van der Waals surface area contributed by atoms with Crippen molar-refractivity contribution in [2.75, 3.05) is 33.3 Å². The molecule has 2 heterocycles. The van der Waals surface area contributed by atoms with Crippen LogP contribution in [0.1, 0.15) is 70.6 Å². The lowest BCUT2D eigenvalue weighted by Gasteiger charge is -2.40. The van der Waals surface area contributed by atoms with Gasteiger partial charge >= 0.3 is 5.97 Å². The SMILES string of the molecule is COC1CCC(C2CNC(NC3CCC(CCN4CCCC4C(=O)O)CC3)NC2)CC1. The summed E-state index contributed by atoms with van der Waals surface area (Å²) < 4.78 is 5.52. The number of ether oxygens (including phenoxy) is 1. The molecule has 1 atom stereocenters. The van der Waals surface area contributed by atoms with E-state index in [4.69, 9.17) is 4.74 Å². The molecule has 31 heavy (non-hydrogen) atoms. The smallest absolute Gasteiger partial charge is 0.320 e. The van der Waals surface area contributed by atoms with E-state index < -0.39 is 5.97 Å². The molecule has 0 aromatic rings. The van der Waals surface area contributed by atoms with Gasteiger partial charge in [0.2, 0.25) is 0 Å². The molecular formula is C24H44N4O3. The van der Waals surface area contributed by atoms with Crippen LogP contribution in [0.4, 0.5) is 0 Å². The Morgan fingerprint density at radius 2 is 1.71 bits per heavy atom. The second-order valence-electron chi connectivity index (χ2n) is 10.5. The number of likely N-dealkylation sites (tertiary alicyclic amines) is 1. The molecule has 178 valence electrons. The van der Waals surface area contributed by atoms with E-state index in [0.717, 1.165) is 63.2 Å². The first-order chi connectivity index (χ1) is 15.1. The molecule has 2 saturated heterocycles. The molecule has 2 saturated carbocycles. The summed E-state index contributed by atoms with van der Waals surface area (Å²) in [4.78, 5) is 13.6. The number of hydrogen-bond donors (Lipinski definition) is 4. The minimum atomic E-state index is -0.636. The molecule has 0 spiro atoms. The highest BCUT2D eigenvalue weighted by atomic mass is 16.5. The number of methoxy groups -OCH3 is 1. The number of carboxylic acid groups (broad SMARTS) is 1. The largest absolute Gasteiger partial charge is 0.480 e. The summed E-state index contributed by atoms with van der Waals surface area (Å²) in [6.45, 7) is 4.15. The van der Waals surface area contributed by atoms with Gasteiger partial charge in [-0.15, -0.1) is 0 Å². The topological polar surface area (TPSA) is 85.9 Å². The number of carboxylic acids is 1. The van der Waals surface area contributed by atoms with Gasteiger partial charge in [-0.25, -0.2) is 0 Å². The van der Waals surface area contributed by atoms with Gasteiger partial charge in [0, 0.05) is 26.2 Å². The molecule has 0 radical (unpaired) electrons. The van der Waals surface area contributed by atoms with Crippen LogP contribution in [0.25, 0.3) is 0 Å². The zero-order chi connectivity index (χ0) is 21.6.